The van der Waals surface area contributed by atoms with Crippen molar-refractivity contribution in [2.24, 2.45) is 5.92 Å². The number of hydrogen-bond acceptors (Lipinski definition) is 4. The van der Waals surface area contributed by atoms with E-state index in [-0.39, 0.29) is 18.1 Å². The topological polar surface area (TPSA) is 77.8 Å². The fourth-order valence-electron chi connectivity index (χ4n) is 1.43. The van der Waals surface area contributed by atoms with Crippen LogP contribution in [-0.4, -0.2) is 24.0 Å². The Morgan fingerprint density at radius 3 is 3.00 bits per heavy atom. The van der Waals surface area contributed by atoms with Crippen LogP contribution in [0.2, 0.25) is 5.02 Å². The van der Waals surface area contributed by atoms with Crippen molar-refractivity contribution in [3.8, 4) is 6.07 Å². The molecular formula is C12H13ClN4O. The van der Waals surface area contributed by atoms with Crippen LogP contribution in [-0.2, 0) is 4.79 Å². The molecule has 0 aromatic carbocycles. The minimum atomic E-state index is -0.0721. The predicted molar refractivity (Wildman–Crippen MR) is 68.2 cm³/mol. The molecule has 1 aromatic rings. The zero-order valence-electron chi connectivity index (χ0n) is 9.74. The van der Waals surface area contributed by atoms with Gasteiger partial charge in [-0.15, -0.1) is 0 Å². The van der Waals surface area contributed by atoms with Crippen LogP contribution in [0.4, 0.5) is 5.82 Å². The SMILES string of the molecule is N#Cc1nc(NCC(=O)NCC2CC2)ccc1Cl. The highest BCUT2D eigenvalue weighted by Gasteiger charge is 2.21. The summed E-state index contributed by atoms with van der Waals surface area (Å²) in [4.78, 5) is 15.5. The van der Waals surface area contributed by atoms with Gasteiger partial charge in [-0.25, -0.2) is 4.98 Å². The zero-order valence-corrected chi connectivity index (χ0v) is 10.5. The van der Waals surface area contributed by atoms with Crippen molar-refractivity contribution in [1.82, 2.24) is 10.3 Å². The van der Waals surface area contributed by atoms with Crippen LogP contribution < -0.4 is 10.6 Å². The molecule has 2 rings (SSSR count). The maximum Gasteiger partial charge on any atom is 0.239 e. The lowest BCUT2D eigenvalue weighted by Gasteiger charge is -2.07. The highest BCUT2D eigenvalue weighted by Crippen LogP contribution is 2.27. The average molecular weight is 265 g/mol. The number of nitrogens with one attached hydrogen (secondary N) is 2. The number of nitriles is 1. The Bertz CT molecular complexity index is 493. The van der Waals surface area contributed by atoms with Crippen molar-refractivity contribution in [2.45, 2.75) is 12.8 Å². The highest BCUT2D eigenvalue weighted by atomic mass is 35.5. The minimum Gasteiger partial charge on any atom is -0.361 e. The normalized spacial score (nSPS) is 13.8. The van der Waals surface area contributed by atoms with E-state index < -0.39 is 0 Å². The second kappa shape index (κ2) is 5.69. The largest absolute Gasteiger partial charge is 0.361 e. The molecule has 1 saturated carbocycles. The van der Waals surface area contributed by atoms with E-state index in [0.29, 0.717) is 16.8 Å². The fraction of sp³-hybridized carbons (Fsp3) is 0.417. The van der Waals surface area contributed by atoms with E-state index in [9.17, 15) is 4.79 Å². The molecule has 1 aliphatic rings. The summed E-state index contributed by atoms with van der Waals surface area (Å²) in [6.07, 6.45) is 2.41. The number of rotatable bonds is 5. The van der Waals surface area contributed by atoms with Crippen molar-refractivity contribution < 1.29 is 4.79 Å². The Morgan fingerprint density at radius 2 is 2.33 bits per heavy atom. The summed E-state index contributed by atoms with van der Waals surface area (Å²) < 4.78 is 0. The molecule has 1 amide bonds. The summed E-state index contributed by atoms with van der Waals surface area (Å²) in [5.74, 6) is 1.06. The first-order valence-electron chi connectivity index (χ1n) is 5.76. The standard InChI is InChI=1S/C12H13ClN4O/c13-9-3-4-11(17-10(9)5-14)15-7-12(18)16-6-8-1-2-8/h3-4,8H,1-2,6-7H2,(H,15,17)(H,16,18). The molecule has 18 heavy (non-hydrogen) atoms. The van der Waals surface area contributed by atoms with Gasteiger partial charge in [-0.3, -0.25) is 4.79 Å². The number of anilines is 1. The number of aromatic nitrogens is 1. The Labute approximate surface area is 110 Å². The van der Waals surface area contributed by atoms with Crippen LogP contribution in [0.25, 0.3) is 0 Å². The van der Waals surface area contributed by atoms with Gasteiger partial charge in [-0.1, -0.05) is 11.6 Å². The van der Waals surface area contributed by atoms with Crippen molar-refractivity contribution in [2.75, 3.05) is 18.4 Å². The van der Waals surface area contributed by atoms with Crippen LogP contribution in [0, 0.1) is 17.2 Å². The molecule has 1 aliphatic carbocycles. The van der Waals surface area contributed by atoms with Gasteiger partial charge in [0.05, 0.1) is 11.6 Å². The number of carbonyl (C=O) groups excluding carboxylic acids is 1. The zero-order chi connectivity index (χ0) is 13.0. The van der Waals surface area contributed by atoms with Crippen LogP contribution >= 0.6 is 11.6 Å². The number of halogens is 1. The summed E-state index contributed by atoms with van der Waals surface area (Å²) >= 11 is 5.76. The summed E-state index contributed by atoms with van der Waals surface area (Å²) in [6, 6.07) is 5.11. The van der Waals surface area contributed by atoms with Gasteiger partial charge in [-0.2, -0.15) is 5.26 Å². The molecule has 0 unspecified atom stereocenters. The quantitative estimate of drug-likeness (QED) is 0.846. The van der Waals surface area contributed by atoms with Crippen molar-refractivity contribution in [3.63, 3.8) is 0 Å². The Kier molecular flexibility index (Phi) is 4.00. The molecule has 1 heterocycles. The van der Waals surface area contributed by atoms with E-state index in [2.05, 4.69) is 15.6 Å². The van der Waals surface area contributed by atoms with Crippen LogP contribution in [0.3, 0.4) is 0 Å². The molecule has 0 spiro atoms. The maximum absolute atomic E-state index is 11.5. The molecule has 1 fully saturated rings. The molecular weight excluding hydrogens is 252 g/mol. The third kappa shape index (κ3) is 3.60. The Morgan fingerprint density at radius 1 is 1.56 bits per heavy atom. The molecule has 0 radical (unpaired) electrons. The second-order valence-electron chi connectivity index (χ2n) is 4.24. The second-order valence-corrected chi connectivity index (χ2v) is 4.65. The summed E-state index contributed by atoms with van der Waals surface area (Å²) in [5, 5.41) is 14.8. The Hall–Kier alpha value is -1.80. The van der Waals surface area contributed by atoms with Gasteiger partial charge in [0, 0.05) is 6.54 Å². The molecule has 0 atom stereocenters. The number of nitrogens with zero attached hydrogens (tertiary/aromatic N) is 2. The molecule has 2 N–H and O–H groups in total. The van der Waals surface area contributed by atoms with Crippen molar-refractivity contribution in [1.29, 1.82) is 5.26 Å². The lowest BCUT2D eigenvalue weighted by molar-refractivity contribution is -0.119. The van der Waals surface area contributed by atoms with Gasteiger partial charge < -0.3 is 10.6 Å². The first kappa shape index (κ1) is 12.7. The third-order valence-electron chi connectivity index (χ3n) is 2.67. The van der Waals surface area contributed by atoms with E-state index in [0.717, 1.165) is 6.54 Å². The van der Waals surface area contributed by atoms with Crippen LogP contribution in [0.1, 0.15) is 18.5 Å². The summed E-state index contributed by atoms with van der Waals surface area (Å²) in [7, 11) is 0. The van der Waals surface area contributed by atoms with E-state index in [1.807, 2.05) is 6.07 Å². The lowest BCUT2D eigenvalue weighted by atomic mass is 10.3. The number of amides is 1. The van der Waals surface area contributed by atoms with Crippen LogP contribution in [0.15, 0.2) is 12.1 Å². The molecule has 0 aliphatic heterocycles. The average Bonchev–Trinajstić information content (AvgIpc) is 3.19. The van der Waals surface area contributed by atoms with E-state index in [1.165, 1.54) is 12.8 Å². The molecule has 94 valence electrons. The van der Waals surface area contributed by atoms with Gasteiger partial charge in [-0.05, 0) is 30.9 Å². The number of carbonyl (C=O) groups is 1. The lowest BCUT2D eigenvalue weighted by Crippen LogP contribution is -2.31. The third-order valence-corrected chi connectivity index (χ3v) is 2.97. The maximum atomic E-state index is 11.5. The van der Waals surface area contributed by atoms with Gasteiger partial charge in [0.1, 0.15) is 11.9 Å². The summed E-state index contributed by atoms with van der Waals surface area (Å²) in [5.41, 5.74) is 0.153. The van der Waals surface area contributed by atoms with Gasteiger partial charge >= 0.3 is 0 Å². The highest BCUT2D eigenvalue weighted by molar-refractivity contribution is 6.31. The Balaban J connectivity index is 1.81. The smallest absolute Gasteiger partial charge is 0.239 e. The number of pyridine rings is 1. The van der Waals surface area contributed by atoms with E-state index >= 15 is 0 Å². The van der Waals surface area contributed by atoms with E-state index in [4.69, 9.17) is 16.9 Å². The van der Waals surface area contributed by atoms with Crippen molar-refractivity contribution >= 4 is 23.3 Å². The molecule has 6 heteroatoms. The van der Waals surface area contributed by atoms with Gasteiger partial charge in [0.2, 0.25) is 5.91 Å². The molecule has 0 saturated heterocycles. The molecule has 5 nitrogen and oxygen atoms in total. The molecule has 1 aromatic heterocycles. The van der Waals surface area contributed by atoms with E-state index in [1.54, 1.807) is 12.1 Å². The first-order chi connectivity index (χ1) is 8.69. The van der Waals surface area contributed by atoms with Gasteiger partial charge in [0.15, 0.2) is 5.69 Å². The van der Waals surface area contributed by atoms with Crippen LogP contribution in [0.5, 0.6) is 0 Å². The van der Waals surface area contributed by atoms with Crippen molar-refractivity contribution in [3.05, 3.63) is 22.8 Å². The predicted octanol–water partition coefficient (Wildman–Crippen LogP) is 1.54. The van der Waals surface area contributed by atoms with Gasteiger partial charge in [0.25, 0.3) is 0 Å². The first-order valence-corrected chi connectivity index (χ1v) is 6.14. The monoisotopic (exact) mass is 264 g/mol. The fourth-order valence-corrected chi connectivity index (χ4v) is 1.58. The minimum absolute atomic E-state index is 0.0721. The molecule has 0 bridgehead atoms. The summed E-state index contributed by atoms with van der Waals surface area (Å²) in [6.45, 7) is 0.893. The number of hydrogen-bond donors (Lipinski definition) is 2.